The topological polar surface area (TPSA) is 64.3 Å². The molecule has 1 amide bonds. The number of hydrogen-bond acceptors (Lipinski definition) is 3. The molecule has 1 rings (SSSR count). The summed E-state index contributed by atoms with van der Waals surface area (Å²) in [6, 6.07) is 4.76. The molecule has 0 saturated carbocycles. The first kappa shape index (κ1) is 17.3. The maximum Gasteiger partial charge on any atom is 0.419 e. The highest BCUT2D eigenvalue weighted by Gasteiger charge is 2.34. The molecule has 0 aromatic heterocycles. The number of benzene rings is 1. The minimum absolute atomic E-state index is 0.195. The van der Waals surface area contributed by atoms with E-state index in [2.05, 4.69) is 5.32 Å². The Kier molecular flexibility index (Phi) is 5.22. The number of hydrogen-bond donors (Lipinski definition) is 2. The van der Waals surface area contributed by atoms with Gasteiger partial charge in [-0.2, -0.15) is 13.2 Å². The van der Waals surface area contributed by atoms with Crippen molar-refractivity contribution in [1.29, 1.82) is 0 Å². The van der Waals surface area contributed by atoms with Gasteiger partial charge in [0.1, 0.15) is 5.75 Å². The molecule has 1 aromatic carbocycles. The molecule has 0 aliphatic carbocycles. The summed E-state index contributed by atoms with van der Waals surface area (Å²) in [5.41, 5.74) is 4.19. The molecule has 7 heteroatoms. The van der Waals surface area contributed by atoms with Crippen molar-refractivity contribution in [2.75, 3.05) is 6.54 Å². The molecule has 0 bridgehead atoms. The van der Waals surface area contributed by atoms with Crippen LogP contribution in [0.2, 0.25) is 0 Å². The molecule has 0 aliphatic rings. The Morgan fingerprint density at radius 1 is 1.33 bits per heavy atom. The Labute approximate surface area is 121 Å². The first-order valence-corrected chi connectivity index (χ1v) is 6.40. The van der Waals surface area contributed by atoms with Gasteiger partial charge < -0.3 is 15.8 Å². The number of carbonyl (C=O) groups is 1. The van der Waals surface area contributed by atoms with Gasteiger partial charge in [0, 0.05) is 12.1 Å². The normalized spacial score (nSPS) is 13.7. The lowest BCUT2D eigenvalue weighted by atomic mass is 10.1. The van der Waals surface area contributed by atoms with E-state index in [0.29, 0.717) is 0 Å². The van der Waals surface area contributed by atoms with Gasteiger partial charge in [0.15, 0.2) is 6.10 Å². The Hall–Kier alpha value is -1.76. The van der Waals surface area contributed by atoms with Crippen molar-refractivity contribution < 1.29 is 22.7 Å². The number of amides is 1. The van der Waals surface area contributed by atoms with Crippen LogP contribution < -0.4 is 15.8 Å². The van der Waals surface area contributed by atoms with E-state index in [4.69, 9.17) is 10.5 Å². The number of rotatable bonds is 5. The third-order valence-electron chi connectivity index (χ3n) is 2.58. The van der Waals surface area contributed by atoms with E-state index in [1.165, 1.54) is 25.1 Å². The number of ether oxygens (including phenoxy) is 1. The van der Waals surface area contributed by atoms with Gasteiger partial charge in [-0.05, 0) is 32.9 Å². The van der Waals surface area contributed by atoms with Gasteiger partial charge in [-0.3, -0.25) is 4.79 Å². The highest BCUT2D eigenvalue weighted by molar-refractivity contribution is 5.80. The quantitative estimate of drug-likeness (QED) is 0.877. The molecule has 4 nitrogen and oxygen atoms in total. The van der Waals surface area contributed by atoms with Crippen molar-refractivity contribution in [3.63, 3.8) is 0 Å². The van der Waals surface area contributed by atoms with E-state index in [1.807, 2.05) is 0 Å². The maximum atomic E-state index is 12.8. The molecule has 0 spiro atoms. The van der Waals surface area contributed by atoms with Crippen molar-refractivity contribution in [3.05, 3.63) is 29.8 Å². The van der Waals surface area contributed by atoms with Crippen molar-refractivity contribution in [2.45, 2.75) is 38.6 Å². The highest BCUT2D eigenvalue weighted by Crippen LogP contribution is 2.36. The summed E-state index contributed by atoms with van der Waals surface area (Å²) in [5, 5.41) is 2.53. The molecule has 0 radical (unpaired) electrons. The second-order valence-corrected chi connectivity index (χ2v) is 5.46. The van der Waals surface area contributed by atoms with Crippen molar-refractivity contribution in [1.82, 2.24) is 5.32 Å². The molecule has 0 aliphatic heterocycles. The largest absolute Gasteiger partial charge is 0.480 e. The van der Waals surface area contributed by atoms with E-state index in [9.17, 15) is 18.0 Å². The Balaban J connectivity index is 2.75. The smallest absolute Gasteiger partial charge is 0.419 e. The Morgan fingerprint density at radius 2 is 1.90 bits per heavy atom. The molecule has 3 N–H and O–H groups in total. The molecule has 0 saturated heterocycles. The van der Waals surface area contributed by atoms with E-state index in [-0.39, 0.29) is 12.3 Å². The van der Waals surface area contributed by atoms with Crippen LogP contribution in [0.3, 0.4) is 0 Å². The lowest BCUT2D eigenvalue weighted by molar-refractivity contribution is -0.140. The second kappa shape index (κ2) is 6.34. The van der Waals surface area contributed by atoms with Crippen LogP contribution in [0, 0.1) is 0 Å². The van der Waals surface area contributed by atoms with E-state index < -0.39 is 29.3 Å². The van der Waals surface area contributed by atoms with Crippen LogP contribution >= 0.6 is 0 Å². The van der Waals surface area contributed by atoms with Gasteiger partial charge in [0.05, 0.1) is 5.56 Å². The van der Waals surface area contributed by atoms with Gasteiger partial charge in [0.25, 0.3) is 5.91 Å². The van der Waals surface area contributed by atoms with Crippen LogP contribution in [-0.2, 0) is 11.0 Å². The molecule has 1 unspecified atom stereocenters. The van der Waals surface area contributed by atoms with Crippen LogP contribution in [0.4, 0.5) is 13.2 Å². The summed E-state index contributed by atoms with van der Waals surface area (Å²) in [5.74, 6) is -0.898. The minimum Gasteiger partial charge on any atom is -0.480 e. The molecule has 21 heavy (non-hydrogen) atoms. The zero-order chi connectivity index (χ0) is 16.3. The summed E-state index contributed by atoms with van der Waals surface area (Å²) in [6.45, 7) is 5.02. The summed E-state index contributed by atoms with van der Waals surface area (Å²) >= 11 is 0. The first-order chi connectivity index (χ1) is 9.50. The van der Waals surface area contributed by atoms with Crippen molar-refractivity contribution in [2.24, 2.45) is 5.73 Å². The SMILES string of the molecule is CC(Oc1ccccc1C(F)(F)F)C(=O)NCC(C)(C)N. The van der Waals surface area contributed by atoms with E-state index >= 15 is 0 Å². The summed E-state index contributed by atoms with van der Waals surface area (Å²) in [4.78, 5) is 11.8. The molecular weight excluding hydrogens is 285 g/mol. The zero-order valence-corrected chi connectivity index (χ0v) is 12.1. The number of carbonyl (C=O) groups excluding carboxylic acids is 1. The summed E-state index contributed by atoms with van der Waals surface area (Å²) < 4.78 is 43.5. The maximum absolute atomic E-state index is 12.8. The zero-order valence-electron chi connectivity index (χ0n) is 12.1. The number of alkyl halides is 3. The Morgan fingerprint density at radius 3 is 2.43 bits per heavy atom. The van der Waals surface area contributed by atoms with E-state index in [1.54, 1.807) is 13.8 Å². The standard InChI is InChI=1S/C14H19F3N2O2/c1-9(12(20)19-8-13(2,3)18)21-11-7-5-4-6-10(11)14(15,16)17/h4-7,9H,8,18H2,1-3H3,(H,19,20). The molecule has 0 fully saturated rings. The van der Waals surface area contributed by atoms with Gasteiger partial charge >= 0.3 is 6.18 Å². The van der Waals surface area contributed by atoms with Crippen LogP contribution in [0.15, 0.2) is 24.3 Å². The molecule has 1 aromatic rings. The number of para-hydroxylation sites is 1. The molecule has 1 atom stereocenters. The average Bonchev–Trinajstić information content (AvgIpc) is 2.34. The number of nitrogens with two attached hydrogens (primary N) is 1. The fourth-order valence-corrected chi connectivity index (χ4v) is 1.51. The minimum atomic E-state index is -4.54. The van der Waals surface area contributed by atoms with Gasteiger partial charge in [-0.15, -0.1) is 0 Å². The monoisotopic (exact) mass is 304 g/mol. The third-order valence-corrected chi connectivity index (χ3v) is 2.58. The van der Waals surface area contributed by atoms with Crippen LogP contribution in [0.5, 0.6) is 5.75 Å². The third kappa shape index (κ3) is 5.63. The van der Waals surface area contributed by atoms with Crippen molar-refractivity contribution >= 4 is 5.91 Å². The first-order valence-electron chi connectivity index (χ1n) is 6.40. The predicted octanol–water partition coefficient (Wildman–Crippen LogP) is 2.33. The number of nitrogens with one attached hydrogen (secondary N) is 1. The fourth-order valence-electron chi connectivity index (χ4n) is 1.51. The predicted molar refractivity (Wildman–Crippen MR) is 72.8 cm³/mol. The fraction of sp³-hybridized carbons (Fsp3) is 0.500. The molecule has 0 heterocycles. The summed E-state index contributed by atoms with van der Waals surface area (Å²) in [6.07, 6.45) is -5.60. The number of halogens is 3. The summed E-state index contributed by atoms with van der Waals surface area (Å²) in [7, 11) is 0. The lowest BCUT2D eigenvalue weighted by Gasteiger charge is -2.22. The van der Waals surface area contributed by atoms with E-state index in [0.717, 1.165) is 6.07 Å². The van der Waals surface area contributed by atoms with Gasteiger partial charge in [0.2, 0.25) is 0 Å². The average molecular weight is 304 g/mol. The second-order valence-electron chi connectivity index (χ2n) is 5.46. The van der Waals surface area contributed by atoms with Gasteiger partial charge in [-0.1, -0.05) is 12.1 Å². The van der Waals surface area contributed by atoms with Gasteiger partial charge in [-0.25, -0.2) is 0 Å². The highest BCUT2D eigenvalue weighted by atomic mass is 19.4. The Bertz CT molecular complexity index is 496. The van der Waals surface area contributed by atoms with Crippen molar-refractivity contribution in [3.8, 4) is 5.75 Å². The molecule has 118 valence electrons. The van der Waals surface area contributed by atoms with Crippen LogP contribution in [0.1, 0.15) is 26.3 Å². The molecular formula is C14H19F3N2O2. The lowest BCUT2D eigenvalue weighted by Crippen LogP contribution is -2.48. The van der Waals surface area contributed by atoms with Crippen LogP contribution in [-0.4, -0.2) is 24.1 Å². The van der Waals surface area contributed by atoms with Crippen LogP contribution in [0.25, 0.3) is 0 Å².